The molecule has 2 N–H and O–H groups in total. The molecular weight excluding hydrogens is 317 g/mol. The Balaban J connectivity index is 1.45. The van der Waals surface area contributed by atoms with E-state index in [1.165, 1.54) is 17.7 Å². The van der Waals surface area contributed by atoms with Gasteiger partial charge in [-0.1, -0.05) is 12.1 Å². The summed E-state index contributed by atoms with van der Waals surface area (Å²) in [7, 11) is 0. The van der Waals surface area contributed by atoms with Gasteiger partial charge in [0.1, 0.15) is 5.82 Å². The number of nitrogens with one attached hydrogen (secondary N) is 1. The Bertz CT molecular complexity index is 652. The van der Waals surface area contributed by atoms with Gasteiger partial charge in [0.15, 0.2) is 0 Å². The number of aromatic nitrogens is 1. The first-order valence-corrected chi connectivity index (χ1v) is 8.86. The Morgan fingerprint density at radius 1 is 1.16 bits per heavy atom. The van der Waals surface area contributed by atoms with Crippen molar-refractivity contribution < 1.29 is 9.50 Å². The van der Waals surface area contributed by atoms with Crippen molar-refractivity contribution in [1.82, 2.24) is 15.2 Å². The van der Waals surface area contributed by atoms with Crippen molar-refractivity contribution in [3.8, 4) is 0 Å². The molecule has 0 bridgehead atoms. The number of likely N-dealkylation sites (tertiary alicyclic amines) is 1. The molecule has 0 saturated carbocycles. The van der Waals surface area contributed by atoms with E-state index in [0.29, 0.717) is 12.6 Å². The molecule has 0 radical (unpaired) electrons. The Morgan fingerprint density at radius 3 is 2.44 bits per heavy atom. The lowest BCUT2D eigenvalue weighted by atomic mass is 9.95. The Hall–Kier alpha value is -1.82. The zero-order valence-corrected chi connectivity index (χ0v) is 14.7. The standard InChI is InChI=1S/C20H26FN3O/c1-20(25,17-2-4-18(21)5-3-17)15-23-19-8-12-24(13-9-19)14-16-6-10-22-11-7-16/h2-7,10-11,19,23,25H,8-9,12-15H2,1H3/t20-/m1/s1. The second kappa shape index (κ2) is 8.04. The summed E-state index contributed by atoms with van der Waals surface area (Å²) < 4.78 is 13.0. The van der Waals surface area contributed by atoms with Crippen molar-refractivity contribution in [1.29, 1.82) is 0 Å². The first kappa shape index (κ1) is 18.0. The number of hydrogen-bond acceptors (Lipinski definition) is 4. The summed E-state index contributed by atoms with van der Waals surface area (Å²) in [5, 5.41) is 14.1. The number of piperidine rings is 1. The van der Waals surface area contributed by atoms with E-state index in [2.05, 4.69) is 27.3 Å². The number of rotatable bonds is 6. The Kier molecular flexibility index (Phi) is 5.78. The molecule has 1 aromatic heterocycles. The van der Waals surface area contributed by atoms with Crippen LogP contribution < -0.4 is 5.32 Å². The van der Waals surface area contributed by atoms with E-state index in [0.717, 1.165) is 38.0 Å². The fraction of sp³-hybridized carbons (Fsp3) is 0.450. The lowest BCUT2D eigenvalue weighted by Gasteiger charge is -2.34. The molecule has 0 aliphatic carbocycles. The van der Waals surface area contributed by atoms with Gasteiger partial charge in [0, 0.05) is 31.5 Å². The molecule has 0 unspecified atom stereocenters. The van der Waals surface area contributed by atoms with Gasteiger partial charge in [-0.2, -0.15) is 0 Å². The molecular formula is C20H26FN3O. The first-order valence-electron chi connectivity index (χ1n) is 8.86. The minimum Gasteiger partial charge on any atom is -0.384 e. The fourth-order valence-corrected chi connectivity index (χ4v) is 3.30. The van der Waals surface area contributed by atoms with Crippen LogP contribution in [0.5, 0.6) is 0 Å². The Morgan fingerprint density at radius 2 is 1.80 bits per heavy atom. The minimum absolute atomic E-state index is 0.283. The molecule has 2 aromatic rings. The van der Waals surface area contributed by atoms with Crippen LogP contribution in [0.4, 0.5) is 4.39 Å². The van der Waals surface area contributed by atoms with Gasteiger partial charge in [0.25, 0.3) is 0 Å². The zero-order chi connectivity index (χ0) is 17.7. The highest BCUT2D eigenvalue weighted by Gasteiger charge is 2.26. The molecule has 25 heavy (non-hydrogen) atoms. The van der Waals surface area contributed by atoms with Crippen molar-refractivity contribution >= 4 is 0 Å². The maximum absolute atomic E-state index is 13.0. The molecule has 1 aliphatic rings. The average molecular weight is 343 g/mol. The van der Waals surface area contributed by atoms with Gasteiger partial charge >= 0.3 is 0 Å². The third-order valence-corrected chi connectivity index (χ3v) is 4.94. The van der Waals surface area contributed by atoms with E-state index < -0.39 is 5.60 Å². The highest BCUT2D eigenvalue weighted by molar-refractivity contribution is 5.22. The molecule has 1 aromatic carbocycles. The molecule has 1 aliphatic heterocycles. The fourth-order valence-electron chi connectivity index (χ4n) is 3.30. The van der Waals surface area contributed by atoms with Crippen LogP contribution in [-0.4, -0.2) is 40.7 Å². The number of nitrogens with zero attached hydrogens (tertiary/aromatic N) is 2. The lowest BCUT2D eigenvalue weighted by molar-refractivity contribution is 0.0499. The highest BCUT2D eigenvalue weighted by Crippen LogP contribution is 2.21. The van der Waals surface area contributed by atoms with Gasteiger partial charge in [-0.25, -0.2) is 4.39 Å². The normalized spacial score (nSPS) is 18.8. The van der Waals surface area contributed by atoms with Crippen molar-refractivity contribution in [3.63, 3.8) is 0 Å². The van der Waals surface area contributed by atoms with Crippen molar-refractivity contribution in [2.24, 2.45) is 0 Å². The number of halogens is 1. The quantitative estimate of drug-likeness (QED) is 0.847. The molecule has 134 valence electrons. The summed E-state index contributed by atoms with van der Waals surface area (Å²) in [5.41, 5.74) is 1.03. The van der Waals surface area contributed by atoms with Gasteiger partial charge < -0.3 is 10.4 Å². The van der Waals surface area contributed by atoms with Gasteiger partial charge in [-0.05, 0) is 68.2 Å². The summed E-state index contributed by atoms with van der Waals surface area (Å²) in [5.74, 6) is -0.283. The largest absolute Gasteiger partial charge is 0.384 e. The van der Waals surface area contributed by atoms with Crippen LogP contribution in [-0.2, 0) is 12.1 Å². The zero-order valence-electron chi connectivity index (χ0n) is 14.7. The highest BCUT2D eigenvalue weighted by atomic mass is 19.1. The van der Waals surface area contributed by atoms with Crippen molar-refractivity contribution in [3.05, 3.63) is 65.7 Å². The van der Waals surface area contributed by atoms with Crippen LogP contribution in [0.2, 0.25) is 0 Å². The lowest BCUT2D eigenvalue weighted by Crippen LogP contribution is -2.46. The van der Waals surface area contributed by atoms with Gasteiger partial charge in [-0.15, -0.1) is 0 Å². The maximum atomic E-state index is 13.0. The first-order chi connectivity index (χ1) is 12.0. The Labute approximate surface area is 148 Å². The summed E-state index contributed by atoms with van der Waals surface area (Å²) >= 11 is 0. The summed E-state index contributed by atoms with van der Waals surface area (Å²) in [4.78, 5) is 6.50. The molecule has 5 heteroatoms. The second-order valence-electron chi connectivity index (χ2n) is 7.07. The molecule has 2 heterocycles. The van der Waals surface area contributed by atoms with Crippen LogP contribution in [0.3, 0.4) is 0 Å². The van der Waals surface area contributed by atoms with Gasteiger partial charge in [0.05, 0.1) is 5.60 Å². The second-order valence-corrected chi connectivity index (χ2v) is 7.07. The predicted molar refractivity (Wildman–Crippen MR) is 96.5 cm³/mol. The van der Waals surface area contributed by atoms with E-state index in [1.54, 1.807) is 19.1 Å². The number of hydrogen-bond donors (Lipinski definition) is 2. The predicted octanol–water partition coefficient (Wildman–Crippen LogP) is 2.68. The van der Waals surface area contributed by atoms with Crippen LogP contribution in [0.25, 0.3) is 0 Å². The SMILES string of the molecule is C[C@@](O)(CNC1CCN(Cc2ccncc2)CC1)c1ccc(F)cc1. The third-order valence-electron chi connectivity index (χ3n) is 4.94. The number of aliphatic hydroxyl groups is 1. The van der Waals surface area contributed by atoms with Crippen LogP contribution in [0.1, 0.15) is 30.9 Å². The molecule has 1 fully saturated rings. The molecule has 4 nitrogen and oxygen atoms in total. The van der Waals surface area contributed by atoms with E-state index in [4.69, 9.17) is 0 Å². The average Bonchev–Trinajstić information content (AvgIpc) is 2.62. The van der Waals surface area contributed by atoms with Crippen LogP contribution in [0, 0.1) is 5.82 Å². The van der Waals surface area contributed by atoms with Gasteiger partial charge in [0.2, 0.25) is 0 Å². The van der Waals surface area contributed by atoms with Crippen LogP contribution in [0.15, 0.2) is 48.8 Å². The van der Waals surface area contributed by atoms with Crippen LogP contribution >= 0.6 is 0 Å². The number of benzene rings is 1. The molecule has 3 rings (SSSR count). The smallest absolute Gasteiger partial charge is 0.123 e. The maximum Gasteiger partial charge on any atom is 0.123 e. The monoisotopic (exact) mass is 343 g/mol. The molecule has 1 saturated heterocycles. The van der Waals surface area contributed by atoms with Crippen molar-refractivity contribution in [2.45, 2.75) is 38.0 Å². The number of pyridine rings is 1. The molecule has 0 amide bonds. The van der Waals surface area contributed by atoms with E-state index in [1.807, 2.05) is 12.4 Å². The summed E-state index contributed by atoms with van der Waals surface area (Å²) in [6, 6.07) is 10.6. The van der Waals surface area contributed by atoms with Crippen molar-refractivity contribution in [2.75, 3.05) is 19.6 Å². The van der Waals surface area contributed by atoms with E-state index in [-0.39, 0.29) is 5.82 Å². The van der Waals surface area contributed by atoms with Gasteiger partial charge in [-0.3, -0.25) is 9.88 Å². The summed E-state index contributed by atoms with van der Waals surface area (Å²) in [6.07, 6.45) is 5.79. The summed E-state index contributed by atoms with van der Waals surface area (Å²) in [6.45, 7) is 5.28. The third kappa shape index (κ3) is 5.08. The van der Waals surface area contributed by atoms with E-state index >= 15 is 0 Å². The molecule has 0 spiro atoms. The minimum atomic E-state index is -0.998. The van der Waals surface area contributed by atoms with E-state index in [9.17, 15) is 9.50 Å². The topological polar surface area (TPSA) is 48.4 Å². The molecule has 1 atom stereocenters.